The van der Waals surface area contributed by atoms with E-state index in [4.69, 9.17) is 19.4 Å². The molecule has 0 spiro atoms. The van der Waals surface area contributed by atoms with E-state index in [1.54, 1.807) is 0 Å². The first-order chi connectivity index (χ1) is 27.2. The molecule has 0 amide bonds. The molecule has 2 aliphatic rings. The molecule has 11 rings (SSSR count). The highest BCUT2D eigenvalue weighted by Crippen LogP contribution is 2.41. The van der Waals surface area contributed by atoms with Gasteiger partial charge in [0.15, 0.2) is 17.5 Å². The fourth-order valence-electron chi connectivity index (χ4n) is 8.29. The minimum atomic E-state index is 0.295. The molecule has 7 aromatic carbocycles. The van der Waals surface area contributed by atoms with E-state index >= 15 is 0 Å². The van der Waals surface area contributed by atoms with E-state index in [0.717, 1.165) is 61.6 Å². The second-order valence-electron chi connectivity index (χ2n) is 14.3. The molecule has 55 heavy (non-hydrogen) atoms. The Labute approximate surface area is 318 Å². The fourth-order valence-corrected chi connectivity index (χ4v) is 8.29. The first-order valence-electron chi connectivity index (χ1n) is 18.8. The number of furan rings is 1. The lowest BCUT2D eigenvalue weighted by Crippen LogP contribution is -2.10. The van der Waals surface area contributed by atoms with Gasteiger partial charge in [0.2, 0.25) is 0 Å². The number of rotatable bonds is 5. The Kier molecular flexibility index (Phi) is 7.27. The highest BCUT2D eigenvalue weighted by atomic mass is 16.3. The molecule has 0 saturated heterocycles. The molecule has 0 saturated carbocycles. The van der Waals surface area contributed by atoms with Crippen LogP contribution in [0.15, 0.2) is 192 Å². The number of benzene rings is 7. The second-order valence-corrected chi connectivity index (χ2v) is 14.3. The van der Waals surface area contributed by atoms with Gasteiger partial charge < -0.3 is 4.42 Å². The summed E-state index contributed by atoms with van der Waals surface area (Å²) in [6.07, 6.45) is 13.9. The Bertz CT molecular complexity index is 3110. The van der Waals surface area contributed by atoms with Crippen molar-refractivity contribution in [3.63, 3.8) is 0 Å². The molecule has 0 N–H and O–H groups in total. The van der Waals surface area contributed by atoms with Crippen molar-refractivity contribution in [2.75, 3.05) is 0 Å². The minimum absolute atomic E-state index is 0.295. The second kappa shape index (κ2) is 12.8. The summed E-state index contributed by atoms with van der Waals surface area (Å²) in [6.45, 7) is 0. The van der Waals surface area contributed by atoms with Gasteiger partial charge in [0.05, 0.1) is 0 Å². The Morgan fingerprint density at radius 3 is 2.13 bits per heavy atom. The SMILES string of the molecule is C1=CC2=CC=C(c3nc(-c4ccc5c(ccc6ccccc65)c4)nc(-c4cccc5oc6c(-c7ccc(-c8ccccc8)cc7)cccc6c45)n3)CC2C=C1. The van der Waals surface area contributed by atoms with Crippen LogP contribution in [0.4, 0.5) is 0 Å². The van der Waals surface area contributed by atoms with Crippen molar-refractivity contribution < 1.29 is 4.42 Å². The van der Waals surface area contributed by atoms with Crippen LogP contribution in [0.2, 0.25) is 0 Å². The van der Waals surface area contributed by atoms with Gasteiger partial charge in [0, 0.05) is 33.4 Å². The predicted molar refractivity (Wildman–Crippen MR) is 226 cm³/mol. The number of fused-ring (bicyclic) bond motifs is 7. The van der Waals surface area contributed by atoms with Gasteiger partial charge in [0.25, 0.3) is 0 Å². The maximum Gasteiger partial charge on any atom is 0.164 e. The summed E-state index contributed by atoms with van der Waals surface area (Å²) in [4.78, 5) is 15.7. The summed E-state index contributed by atoms with van der Waals surface area (Å²) < 4.78 is 6.71. The first-order valence-corrected chi connectivity index (χ1v) is 18.8. The Morgan fingerprint density at radius 1 is 0.491 bits per heavy atom. The Hall–Kier alpha value is -7.17. The van der Waals surface area contributed by atoms with Gasteiger partial charge in [-0.3, -0.25) is 0 Å². The van der Waals surface area contributed by atoms with Gasteiger partial charge in [-0.25, -0.2) is 15.0 Å². The number of nitrogens with zero attached hydrogens (tertiary/aromatic N) is 3. The third-order valence-electron chi connectivity index (χ3n) is 11.1. The predicted octanol–water partition coefficient (Wildman–Crippen LogP) is 13.2. The van der Waals surface area contributed by atoms with E-state index in [-0.39, 0.29) is 0 Å². The lowest BCUT2D eigenvalue weighted by molar-refractivity contribution is 0.670. The number of hydrogen-bond acceptors (Lipinski definition) is 4. The summed E-state index contributed by atoms with van der Waals surface area (Å²) in [6, 6.07) is 51.2. The topological polar surface area (TPSA) is 51.8 Å². The van der Waals surface area contributed by atoms with E-state index in [1.807, 2.05) is 18.2 Å². The molecule has 4 heteroatoms. The van der Waals surface area contributed by atoms with Gasteiger partial charge in [-0.15, -0.1) is 0 Å². The van der Waals surface area contributed by atoms with Crippen LogP contribution < -0.4 is 0 Å². The minimum Gasteiger partial charge on any atom is -0.455 e. The lowest BCUT2D eigenvalue weighted by Gasteiger charge is -2.22. The number of hydrogen-bond donors (Lipinski definition) is 0. The molecule has 0 aliphatic heterocycles. The standard InChI is InChI=1S/C51H33N3O/c1-2-10-32(11-3-1)34-20-23-36(24-21-34)43-16-8-17-44-47-45(18-9-19-46(47)55-48(43)44)51-53-49(39-27-22-33-12-4-5-14-37(33)30-39)52-50(54-51)40-28-29-42-38(31-40)26-25-35-13-6-7-15-41(35)42/h1-29,31,37H,30H2. The highest BCUT2D eigenvalue weighted by molar-refractivity contribution is 6.15. The lowest BCUT2D eigenvalue weighted by atomic mass is 9.84. The molecule has 9 aromatic rings. The van der Waals surface area contributed by atoms with Crippen LogP contribution in [0, 0.1) is 5.92 Å². The molecule has 1 unspecified atom stereocenters. The Balaban J connectivity index is 1.08. The first kappa shape index (κ1) is 31.4. The molecular formula is C51H33N3O. The third kappa shape index (κ3) is 5.42. The van der Waals surface area contributed by atoms with E-state index < -0.39 is 0 Å². The van der Waals surface area contributed by atoms with Crippen LogP contribution in [-0.4, -0.2) is 15.0 Å². The van der Waals surface area contributed by atoms with E-state index in [1.165, 1.54) is 32.9 Å². The molecule has 0 bridgehead atoms. The zero-order valence-electron chi connectivity index (χ0n) is 29.9. The summed E-state index contributed by atoms with van der Waals surface area (Å²) >= 11 is 0. The van der Waals surface area contributed by atoms with Crippen molar-refractivity contribution in [3.05, 3.63) is 193 Å². The van der Waals surface area contributed by atoms with Gasteiger partial charge >= 0.3 is 0 Å². The third-order valence-corrected chi connectivity index (χ3v) is 11.1. The van der Waals surface area contributed by atoms with Crippen LogP contribution in [0.5, 0.6) is 0 Å². The Morgan fingerprint density at radius 2 is 1.20 bits per heavy atom. The van der Waals surface area contributed by atoms with Crippen molar-refractivity contribution in [1.29, 1.82) is 0 Å². The molecule has 2 aromatic heterocycles. The molecule has 4 nitrogen and oxygen atoms in total. The zero-order chi connectivity index (χ0) is 36.3. The van der Waals surface area contributed by atoms with Gasteiger partial charge in [-0.05, 0) is 67.9 Å². The summed E-state index contributed by atoms with van der Waals surface area (Å²) in [7, 11) is 0. The van der Waals surface area contributed by atoms with Crippen LogP contribution in [-0.2, 0) is 0 Å². The molecule has 0 radical (unpaired) electrons. The van der Waals surface area contributed by atoms with Crippen molar-refractivity contribution in [1.82, 2.24) is 15.0 Å². The zero-order valence-corrected chi connectivity index (χ0v) is 29.9. The normalized spacial score (nSPS) is 15.1. The van der Waals surface area contributed by atoms with Crippen LogP contribution in [0.25, 0.3) is 94.1 Å². The maximum atomic E-state index is 6.71. The summed E-state index contributed by atoms with van der Waals surface area (Å²) in [5, 5.41) is 6.84. The average Bonchev–Trinajstić information content (AvgIpc) is 3.65. The van der Waals surface area contributed by atoms with E-state index in [2.05, 4.69) is 164 Å². The van der Waals surface area contributed by atoms with E-state index in [9.17, 15) is 0 Å². The van der Waals surface area contributed by atoms with E-state index in [0.29, 0.717) is 23.4 Å². The highest BCUT2D eigenvalue weighted by Gasteiger charge is 2.23. The van der Waals surface area contributed by atoms with Gasteiger partial charge in [-0.1, -0.05) is 170 Å². The molecule has 0 fully saturated rings. The monoisotopic (exact) mass is 703 g/mol. The number of para-hydroxylation sites is 1. The van der Waals surface area contributed by atoms with Crippen molar-refractivity contribution in [3.8, 4) is 45.0 Å². The average molecular weight is 704 g/mol. The summed E-state index contributed by atoms with van der Waals surface area (Å²) in [5.74, 6) is 2.26. The number of aromatic nitrogens is 3. The van der Waals surface area contributed by atoms with Crippen LogP contribution in [0.3, 0.4) is 0 Å². The molecule has 1 atom stereocenters. The smallest absolute Gasteiger partial charge is 0.164 e. The molecule has 2 aliphatic carbocycles. The van der Waals surface area contributed by atoms with Crippen LogP contribution in [0.1, 0.15) is 12.2 Å². The number of allylic oxidation sites excluding steroid dienone is 8. The van der Waals surface area contributed by atoms with Gasteiger partial charge in [0.1, 0.15) is 11.2 Å². The molecular weight excluding hydrogens is 671 g/mol. The van der Waals surface area contributed by atoms with Crippen LogP contribution >= 0.6 is 0 Å². The largest absolute Gasteiger partial charge is 0.455 e. The van der Waals surface area contributed by atoms with Gasteiger partial charge in [-0.2, -0.15) is 0 Å². The molecule has 258 valence electrons. The van der Waals surface area contributed by atoms with Crippen molar-refractivity contribution >= 4 is 49.1 Å². The summed E-state index contributed by atoms with van der Waals surface area (Å²) in [5.41, 5.74) is 10.4. The van der Waals surface area contributed by atoms with Crippen molar-refractivity contribution in [2.45, 2.75) is 6.42 Å². The fraction of sp³-hybridized carbons (Fsp3) is 0.0392. The molecule has 2 heterocycles. The van der Waals surface area contributed by atoms with Crippen molar-refractivity contribution in [2.24, 2.45) is 5.92 Å². The quantitative estimate of drug-likeness (QED) is 0.167. The maximum absolute atomic E-state index is 6.71.